The van der Waals surface area contributed by atoms with Gasteiger partial charge in [-0.15, -0.1) is 0 Å². The molecule has 3 aromatic rings. The average Bonchev–Trinajstić information content (AvgIpc) is 3.29. The Bertz CT molecular complexity index is 1020. The molecule has 1 N–H and O–H groups in total. The number of hydrogen-bond donors (Lipinski definition) is 1. The SMILES string of the molecule is Cc1ccc(-n2cccn2)c(CN2CCC[C@@H](CCC(=O)Nc3ccccc3F)C2)c1. The van der Waals surface area contributed by atoms with Crippen molar-refractivity contribution >= 4 is 11.6 Å². The number of carbonyl (C=O) groups excluding carboxylic acids is 1. The van der Waals surface area contributed by atoms with Gasteiger partial charge in [0, 0.05) is 31.9 Å². The van der Waals surface area contributed by atoms with Gasteiger partial charge in [-0.2, -0.15) is 5.10 Å². The van der Waals surface area contributed by atoms with Crippen molar-refractivity contribution in [2.45, 2.75) is 39.2 Å². The van der Waals surface area contributed by atoms with Crippen LogP contribution in [0.2, 0.25) is 0 Å². The molecule has 1 saturated heterocycles. The van der Waals surface area contributed by atoms with Gasteiger partial charge in [-0.1, -0.05) is 29.8 Å². The highest BCUT2D eigenvalue weighted by atomic mass is 19.1. The largest absolute Gasteiger partial charge is 0.324 e. The smallest absolute Gasteiger partial charge is 0.224 e. The minimum atomic E-state index is -0.397. The summed E-state index contributed by atoms with van der Waals surface area (Å²) in [5, 5.41) is 7.09. The van der Waals surface area contributed by atoms with E-state index in [0.29, 0.717) is 12.3 Å². The number of hydrogen-bond acceptors (Lipinski definition) is 3. The Kier molecular flexibility index (Phi) is 6.77. The second-order valence-electron chi connectivity index (χ2n) is 8.39. The predicted octanol–water partition coefficient (Wildman–Crippen LogP) is 4.95. The molecule has 2 heterocycles. The molecular weight excluding hydrogens is 391 g/mol. The van der Waals surface area contributed by atoms with Crippen LogP contribution in [0.15, 0.2) is 60.9 Å². The number of piperidine rings is 1. The van der Waals surface area contributed by atoms with Gasteiger partial charge in [-0.25, -0.2) is 9.07 Å². The molecule has 0 bridgehead atoms. The first-order chi connectivity index (χ1) is 15.1. The van der Waals surface area contributed by atoms with Gasteiger partial charge in [0.05, 0.1) is 11.4 Å². The maximum Gasteiger partial charge on any atom is 0.224 e. The second kappa shape index (κ2) is 9.88. The Balaban J connectivity index is 1.34. The monoisotopic (exact) mass is 420 g/mol. The molecule has 1 fully saturated rings. The van der Waals surface area contributed by atoms with Crippen molar-refractivity contribution < 1.29 is 9.18 Å². The van der Waals surface area contributed by atoms with Crippen molar-refractivity contribution in [1.29, 1.82) is 0 Å². The molecule has 0 saturated carbocycles. The highest BCUT2D eigenvalue weighted by molar-refractivity contribution is 5.90. The fraction of sp³-hybridized carbons (Fsp3) is 0.360. The van der Waals surface area contributed by atoms with Crippen LogP contribution in [0.25, 0.3) is 5.69 Å². The number of para-hydroxylation sites is 1. The maximum absolute atomic E-state index is 13.7. The minimum Gasteiger partial charge on any atom is -0.324 e. The lowest BCUT2D eigenvalue weighted by atomic mass is 9.92. The predicted molar refractivity (Wildman–Crippen MR) is 121 cm³/mol. The summed E-state index contributed by atoms with van der Waals surface area (Å²) in [4.78, 5) is 14.8. The number of aromatic nitrogens is 2. The van der Waals surface area contributed by atoms with Gasteiger partial charge in [0.15, 0.2) is 0 Å². The van der Waals surface area contributed by atoms with E-state index in [9.17, 15) is 9.18 Å². The van der Waals surface area contributed by atoms with Gasteiger partial charge in [-0.3, -0.25) is 9.69 Å². The van der Waals surface area contributed by atoms with Crippen LogP contribution >= 0.6 is 0 Å². The first kappa shape index (κ1) is 21.2. The van der Waals surface area contributed by atoms with E-state index in [1.807, 2.05) is 16.9 Å². The summed E-state index contributed by atoms with van der Waals surface area (Å²) < 4.78 is 15.7. The number of nitrogens with zero attached hydrogens (tertiary/aromatic N) is 3. The number of amides is 1. The Morgan fingerprint density at radius 2 is 2.10 bits per heavy atom. The Morgan fingerprint density at radius 3 is 2.90 bits per heavy atom. The second-order valence-corrected chi connectivity index (χ2v) is 8.39. The van der Waals surface area contributed by atoms with E-state index in [2.05, 4.69) is 40.4 Å². The van der Waals surface area contributed by atoms with Crippen LogP contribution < -0.4 is 5.32 Å². The van der Waals surface area contributed by atoms with Crippen LogP contribution in [-0.4, -0.2) is 33.7 Å². The lowest BCUT2D eigenvalue weighted by Crippen LogP contribution is -2.35. The quantitative estimate of drug-likeness (QED) is 0.588. The molecular formula is C25H29FN4O. The number of aryl methyl sites for hydroxylation is 1. The number of likely N-dealkylation sites (tertiary alicyclic amines) is 1. The number of rotatable bonds is 7. The zero-order valence-electron chi connectivity index (χ0n) is 17.9. The van der Waals surface area contributed by atoms with Gasteiger partial charge >= 0.3 is 0 Å². The van der Waals surface area contributed by atoms with E-state index in [1.54, 1.807) is 24.4 Å². The molecule has 1 amide bonds. The molecule has 1 aliphatic rings. The van der Waals surface area contributed by atoms with E-state index in [0.717, 1.165) is 44.6 Å². The summed E-state index contributed by atoms with van der Waals surface area (Å²) >= 11 is 0. The van der Waals surface area contributed by atoms with E-state index in [-0.39, 0.29) is 11.6 Å². The third kappa shape index (κ3) is 5.58. The number of carbonyl (C=O) groups is 1. The summed E-state index contributed by atoms with van der Waals surface area (Å²) in [6, 6.07) is 14.7. The summed E-state index contributed by atoms with van der Waals surface area (Å²) in [5.41, 5.74) is 3.87. The normalized spacial score (nSPS) is 16.9. The molecule has 6 heteroatoms. The van der Waals surface area contributed by atoms with Crippen LogP contribution in [0.1, 0.15) is 36.8 Å². The van der Waals surface area contributed by atoms with Crippen molar-refractivity contribution in [2.24, 2.45) is 5.92 Å². The molecule has 0 aliphatic carbocycles. The fourth-order valence-electron chi connectivity index (χ4n) is 4.36. The molecule has 0 spiro atoms. The Labute approximate surface area is 182 Å². The first-order valence-electron chi connectivity index (χ1n) is 10.9. The molecule has 1 aliphatic heterocycles. The number of anilines is 1. The first-order valence-corrected chi connectivity index (χ1v) is 10.9. The topological polar surface area (TPSA) is 50.2 Å². The highest BCUT2D eigenvalue weighted by Crippen LogP contribution is 2.25. The van der Waals surface area contributed by atoms with Crippen molar-refractivity contribution in [3.8, 4) is 5.69 Å². The van der Waals surface area contributed by atoms with Crippen molar-refractivity contribution in [1.82, 2.24) is 14.7 Å². The summed E-state index contributed by atoms with van der Waals surface area (Å²) in [5.74, 6) is -0.0502. The van der Waals surface area contributed by atoms with Gasteiger partial charge in [-0.05, 0) is 68.5 Å². The number of nitrogens with one attached hydrogen (secondary N) is 1. The molecule has 1 atom stereocenters. The van der Waals surface area contributed by atoms with Crippen molar-refractivity contribution in [2.75, 3.05) is 18.4 Å². The van der Waals surface area contributed by atoms with E-state index < -0.39 is 5.82 Å². The number of halogens is 1. The fourth-order valence-corrected chi connectivity index (χ4v) is 4.36. The summed E-state index contributed by atoms with van der Waals surface area (Å²) in [6.45, 7) is 5.02. The Morgan fingerprint density at radius 1 is 1.23 bits per heavy atom. The van der Waals surface area contributed by atoms with Crippen LogP contribution in [0.3, 0.4) is 0 Å². The standard InChI is InChI=1S/C25H29FN4O/c1-19-9-11-24(30-15-5-13-27-30)21(16-19)18-29-14-4-6-20(17-29)10-12-25(31)28-23-8-3-2-7-22(23)26/h2-3,5,7-9,11,13,15-16,20H,4,6,10,12,14,17-18H2,1H3,(H,28,31)/t20-/m0/s1. The van der Waals surface area contributed by atoms with Gasteiger partial charge in [0.2, 0.25) is 5.91 Å². The van der Waals surface area contributed by atoms with Crippen molar-refractivity contribution in [3.05, 3.63) is 77.9 Å². The van der Waals surface area contributed by atoms with E-state index >= 15 is 0 Å². The summed E-state index contributed by atoms with van der Waals surface area (Å²) in [6.07, 6.45) is 7.26. The van der Waals surface area contributed by atoms with E-state index in [4.69, 9.17) is 0 Å². The molecule has 2 aromatic carbocycles. The zero-order valence-corrected chi connectivity index (χ0v) is 17.9. The lowest BCUT2D eigenvalue weighted by molar-refractivity contribution is -0.116. The molecule has 1 aromatic heterocycles. The summed E-state index contributed by atoms with van der Waals surface area (Å²) in [7, 11) is 0. The third-order valence-electron chi connectivity index (χ3n) is 5.91. The Hall–Kier alpha value is -2.99. The maximum atomic E-state index is 13.7. The molecule has 5 nitrogen and oxygen atoms in total. The van der Waals surface area contributed by atoms with Crippen LogP contribution in [0, 0.1) is 18.7 Å². The lowest BCUT2D eigenvalue weighted by Gasteiger charge is -2.33. The zero-order chi connectivity index (χ0) is 21.6. The van der Waals surface area contributed by atoms with E-state index in [1.165, 1.54) is 17.2 Å². The third-order valence-corrected chi connectivity index (χ3v) is 5.91. The molecule has 31 heavy (non-hydrogen) atoms. The van der Waals surface area contributed by atoms with Crippen LogP contribution in [-0.2, 0) is 11.3 Å². The molecule has 0 radical (unpaired) electrons. The average molecular weight is 421 g/mol. The minimum absolute atomic E-state index is 0.123. The number of benzene rings is 2. The molecule has 162 valence electrons. The highest BCUT2D eigenvalue weighted by Gasteiger charge is 2.22. The van der Waals surface area contributed by atoms with Crippen LogP contribution in [0.5, 0.6) is 0 Å². The van der Waals surface area contributed by atoms with Crippen LogP contribution in [0.4, 0.5) is 10.1 Å². The van der Waals surface area contributed by atoms with Gasteiger partial charge in [0.1, 0.15) is 5.82 Å². The van der Waals surface area contributed by atoms with Gasteiger partial charge in [0.25, 0.3) is 0 Å². The molecule has 4 rings (SSSR count). The van der Waals surface area contributed by atoms with Gasteiger partial charge < -0.3 is 5.32 Å². The molecule has 0 unspecified atom stereocenters. The van der Waals surface area contributed by atoms with Crippen molar-refractivity contribution in [3.63, 3.8) is 0 Å².